The van der Waals surface area contributed by atoms with Crippen molar-refractivity contribution in [3.63, 3.8) is 0 Å². The Morgan fingerprint density at radius 2 is 1.94 bits per heavy atom. The molecule has 0 unspecified atom stereocenters. The summed E-state index contributed by atoms with van der Waals surface area (Å²) in [5, 5.41) is 0.627. The Hall–Kier alpha value is -1.06. The average molecular weight is 255 g/mol. The van der Waals surface area contributed by atoms with E-state index in [2.05, 4.69) is 4.90 Å². The first-order valence-corrected chi connectivity index (χ1v) is 6.03. The second kappa shape index (κ2) is 6.62. The van der Waals surface area contributed by atoms with Crippen molar-refractivity contribution in [2.45, 2.75) is 6.42 Å². The summed E-state index contributed by atoms with van der Waals surface area (Å²) < 4.78 is 0. The highest BCUT2D eigenvalue weighted by Crippen LogP contribution is 2.28. The van der Waals surface area contributed by atoms with Crippen molar-refractivity contribution >= 4 is 23.6 Å². The number of carbonyl (C=O) groups excluding carboxylic acids is 1. The van der Waals surface area contributed by atoms with Gasteiger partial charge in [0.25, 0.3) is 0 Å². The van der Waals surface area contributed by atoms with Gasteiger partial charge in [-0.05, 0) is 39.2 Å². The van der Waals surface area contributed by atoms with E-state index in [0.717, 1.165) is 31.5 Å². The highest BCUT2D eigenvalue weighted by molar-refractivity contribution is 6.33. The zero-order valence-electron chi connectivity index (χ0n) is 10.6. The summed E-state index contributed by atoms with van der Waals surface area (Å²) in [7, 11) is 6.06. The first-order valence-electron chi connectivity index (χ1n) is 5.66. The third-order valence-corrected chi connectivity index (χ3v) is 2.93. The molecule has 4 heteroatoms. The number of carbonyl (C=O) groups is 1. The van der Waals surface area contributed by atoms with Gasteiger partial charge >= 0.3 is 0 Å². The number of hydrogen-bond donors (Lipinski definition) is 0. The Labute approximate surface area is 108 Å². The third-order valence-electron chi connectivity index (χ3n) is 2.63. The average Bonchev–Trinajstić information content (AvgIpc) is 2.27. The van der Waals surface area contributed by atoms with Gasteiger partial charge in [0.05, 0.1) is 10.7 Å². The molecule has 0 aliphatic heterocycles. The van der Waals surface area contributed by atoms with Crippen LogP contribution in [0.4, 0.5) is 5.69 Å². The Morgan fingerprint density at radius 3 is 2.53 bits per heavy atom. The van der Waals surface area contributed by atoms with Crippen LogP contribution >= 0.6 is 11.6 Å². The molecule has 0 saturated heterocycles. The van der Waals surface area contributed by atoms with Crippen molar-refractivity contribution in [2.24, 2.45) is 0 Å². The number of para-hydroxylation sites is 1. The van der Waals surface area contributed by atoms with Crippen LogP contribution in [0.25, 0.3) is 0 Å². The number of benzene rings is 1. The van der Waals surface area contributed by atoms with E-state index in [1.54, 1.807) is 12.1 Å². The molecule has 0 aliphatic carbocycles. The Bertz CT molecular complexity index is 380. The lowest BCUT2D eigenvalue weighted by Gasteiger charge is -2.23. The van der Waals surface area contributed by atoms with Crippen LogP contribution in [0.5, 0.6) is 0 Å². The van der Waals surface area contributed by atoms with Crippen LogP contribution in [0.15, 0.2) is 18.2 Å². The van der Waals surface area contributed by atoms with Crippen LogP contribution in [0.2, 0.25) is 5.02 Å². The fourth-order valence-electron chi connectivity index (χ4n) is 1.77. The molecular weight excluding hydrogens is 236 g/mol. The summed E-state index contributed by atoms with van der Waals surface area (Å²) in [6, 6.07) is 5.40. The van der Waals surface area contributed by atoms with Crippen LogP contribution in [0, 0.1) is 0 Å². The van der Waals surface area contributed by atoms with Gasteiger partial charge in [0.15, 0.2) is 6.29 Å². The number of hydrogen-bond acceptors (Lipinski definition) is 3. The molecule has 0 radical (unpaired) electrons. The highest BCUT2D eigenvalue weighted by Gasteiger charge is 2.10. The normalized spacial score (nSPS) is 10.6. The first kappa shape index (κ1) is 14.0. The minimum Gasteiger partial charge on any atom is -0.373 e. The van der Waals surface area contributed by atoms with Gasteiger partial charge in [-0.25, -0.2) is 0 Å². The number of aldehydes is 1. The summed E-state index contributed by atoms with van der Waals surface area (Å²) in [5.74, 6) is 0. The van der Waals surface area contributed by atoms with Crippen molar-refractivity contribution in [1.82, 2.24) is 4.90 Å². The maximum Gasteiger partial charge on any atom is 0.152 e. The van der Waals surface area contributed by atoms with Crippen LogP contribution in [0.3, 0.4) is 0 Å². The highest BCUT2D eigenvalue weighted by atomic mass is 35.5. The second-order valence-corrected chi connectivity index (χ2v) is 4.78. The predicted molar refractivity (Wildman–Crippen MR) is 73.3 cm³/mol. The smallest absolute Gasteiger partial charge is 0.152 e. The Morgan fingerprint density at radius 1 is 1.24 bits per heavy atom. The molecule has 0 spiro atoms. The van der Waals surface area contributed by atoms with E-state index >= 15 is 0 Å². The fourth-order valence-corrected chi connectivity index (χ4v) is 2.09. The zero-order chi connectivity index (χ0) is 12.8. The number of rotatable bonds is 6. The van der Waals surface area contributed by atoms with Gasteiger partial charge in [-0.15, -0.1) is 0 Å². The minimum absolute atomic E-state index is 0.627. The van der Waals surface area contributed by atoms with Crippen molar-refractivity contribution < 1.29 is 4.79 Å². The van der Waals surface area contributed by atoms with Gasteiger partial charge in [0.2, 0.25) is 0 Å². The second-order valence-electron chi connectivity index (χ2n) is 4.37. The monoisotopic (exact) mass is 254 g/mol. The van der Waals surface area contributed by atoms with E-state index in [1.165, 1.54) is 0 Å². The lowest BCUT2D eigenvalue weighted by molar-refractivity contribution is 0.112. The van der Waals surface area contributed by atoms with E-state index in [0.29, 0.717) is 10.6 Å². The van der Waals surface area contributed by atoms with Gasteiger partial charge in [0, 0.05) is 19.2 Å². The van der Waals surface area contributed by atoms with Crippen LogP contribution in [-0.2, 0) is 0 Å². The Kier molecular flexibility index (Phi) is 5.45. The zero-order valence-corrected chi connectivity index (χ0v) is 11.4. The van der Waals surface area contributed by atoms with E-state index in [-0.39, 0.29) is 0 Å². The lowest BCUT2D eigenvalue weighted by Crippen LogP contribution is -2.24. The molecule has 1 rings (SSSR count). The SMILES string of the molecule is CN(C)CCCN(C)c1c(Cl)cccc1C=O. The van der Waals surface area contributed by atoms with Crippen LogP contribution in [0.1, 0.15) is 16.8 Å². The number of nitrogens with zero attached hydrogens (tertiary/aromatic N) is 2. The van der Waals surface area contributed by atoms with Crippen molar-refractivity contribution in [1.29, 1.82) is 0 Å². The fraction of sp³-hybridized carbons (Fsp3) is 0.462. The molecule has 0 bridgehead atoms. The topological polar surface area (TPSA) is 23.6 Å². The molecule has 0 aliphatic rings. The molecule has 0 atom stereocenters. The van der Waals surface area contributed by atoms with Gasteiger partial charge < -0.3 is 9.80 Å². The summed E-state index contributed by atoms with van der Waals surface area (Å²) >= 11 is 6.13. The van der Waals surface area contributed by atoms with Crippen molar-refractivity contribution in [2.75, 3.05) is 39.1 Å². The third kappa shape index (κ3) is 4.02. The lowest BCUT2D eigenvalue weighted by atomic mass is 10.1. The van der Waals surface area contributed by atoms with Crippen LogP contribution < -0.4 is 4.90 Å². The van der Waals surface area contributed by atoms with Crippen LogP contribution in [-0.4, -0.2) is 45.4 Å². The maximum atomic E-state index is 11.0. The summed E-state index contributed by atoms with van der Waals surface area (Å²) in [6.07, 6.45) is 1.89. The standard InChI is InChI=1S/C13H19ClN2O/c1-15(2)8-5-9-16(3)13-11(10-17)6-4-7-12(13)14/h4,6-7,10H,5,8-9H2,1-3H3. The molecule has 0 amide bonds. The molecule has 0 saturated carbocycles. The van der Waals surface area contributed by atoms with Gasteiger partial charge in [-0.3, -0.25) is 4.79 Å². The molecule has 0 fully saturated rings. The first-order chi connectivity index (χ1) is 8.06. The summed E-state index contributed by atoms with van der Waals surface area (Å²) in [5.41, 5.74) is 1.47. The molecule has 0 heterocycles. The van der Waals surface area contributed by atoms with Gasteiger partial charge in [-0.2, -0.15) is 0 Å². The largest absolute Gasteiger partial charge is 0.373 e. The molecule has 94 valence electrons. The van der Waals surface area contributed by atoms with E-state index < -0.39 is 0 Å². The van der Waals surface area contributed by atoms with E-state index in [4.69, 9.17) is 11.6 Å². The quantitative estimate of drug-likeness (QED) is 0.729. The Balaban J connectivity index is 2.74. The molecule has 1 aromatic carbocycles. The van der Waals surface area contributed by atoms with E-state index in [9.17, 15) is 4.79 Å². The molecule has 0 N–H and O–H groups in total. The van der Waals surface area contributed by atoms with Crippen molar-refractivity contribution in [3.05, 3.63) is 28.8 Å². The predicted octanol–water partition coefficient (Wildman–Crippen LogP) is 2.54. The van der Waals surface area contributed by atoms with Gasteiger partial charge in [-0.1, -0.05) is 17.7 Å². The molecule has 0 aromatic heterocycles. The molecule has 3 nitrogen and oxygen atoms in total. The minimum atomic E-state index is 0.627. The maximum absolute atomic E-state index is 11.0. The number of anilines is 1. The van der Waals surface area contributed by atoms with Gasteiger partial charge in [0.1, 0.15) is 0 Å². The molecular formula is C13H19ClN2O. The molecule has 1 aromatic rings. The summed E-state index contributed by atoms with van der Waals surface area (Å²) in [4.78, 5) is 15.1. The molecule has 17 heavy (non-hydrogen) atoms. The summed E-state index contributed by atoms with van der Waals surface area (Å²) in [6.45, 7) is 1.90. The number of halogens is 1. The van der Waals surface area contributed by atoms with Crippen molar-refractivity contribution in [3.8, 4) is 0 Å². The van der Waals surface area contributed by atoms with E-state index in [1.807, 2.05) is 32.1 Å².